The minimum Gasteiger partial charge on any atom is -0.394 e. The van der Waals surface area contributed by atoms with Crippen LogP contribution in [0.15, 0.2) is 0 Å². The fourth-order valence-corrected chi connectivity index (χ4v) is 12.3. The van der Waals surface area contributed by atoms with Gasteiger partial charge in [-0.1, -0.05) is 0 Å². The SMILES string of the molecule is CC(=O)NC1C(OCCCCC(=O)NCCCNC(=O)CCOCC(COCCC(=O)NCCCNC(=O)CCCCOC2OC(CO)C(O)C(O)C2NC(C)=O)(COCCC(=O)NCCCNC(=O)CCCCOC2OC(CO)C(O)C(O)C2NC(C)=O)NC(=O)C2CCC(OS)CC2)OC(CO)C(O)C1O. The Hall–Kier alpha value is -5.71. The zero-order valence-electron chi connectivity index (χ0n) is 62.1. The third-order valence-corrected chi connectivity index (χ3v) is 18.4. The summed E-state index contributed by atoms with van der Waals surface area (Å²) in [5.74, 6) is -4.11. The molecule has 1 saturated carbocycles. The first kappa shape index (κ1) is 94.7. The zero-order valence-corrected chi connectivity index (χ0v) is 63.0. The number of rotatable bonds is 54. The van der Waals surface area contributed by atoms with Crippen LogP contribution in [-0.2, 0) is 94.8 Å². The first-order chi connectivity index (χ1) is 51.7. The van der Waals surface area contributed by atoms with E-state index >= 15 is 0 Å². The van der Waals surface area contributed by atoms with Crippen molar-refractivity contribution in [2.75, 3.05) is 119 Å². The maximum atomic E-state index is 14.2. The predicted molar refractivity (Wildman–Crippen MR) is 380 cm³/mol. The lowest BCUT2D eigenvalue weighted by Crippen LogP contribution is -2.64. The lowest BCUT2D eigenvalue weighted by atomic mass is 9.86. The summed E-state index contributed by atoms with van der Waals surface area (Å²) in [6, 6.07) is -3.27. The highest BCUT2D eigenvalue weighted by molar-refractivity contribution is 7.75. The predicted octanol–water partition coefficient (Wildman–Crippen LogP) is -6.26. The zero-order chi connectivity index (χ0) is 79.4. The van der Waals surface area contributed by atoms with E-state index in [4.69, 9.17) is 46.8 Å². The molecule has 15 atom stereocenters. The molecule has 3 aliphatic heterocycles. The van der Waals surface area contributed by atoms with Crippen LogP contribution < -0.4 is 53.2 Å². The van der Waals surface area contributed by atoms with Crippen LogP contribution in [0.25, 0.3) is 0 Å². The number of carbonyl (C=O) groups is 10. The molecule has 4 aliphatic rings. The highest BCUT2D eigenvalue weighted by Crippen LogP contribution is 2.29. The van der Waals surface area contributed by atoms with Gasteiger partial charge in [-0.05, 0) is 96.4 Å². The van der Waals surface area contributed by atoms with Crippen molar-refractivity contribution < 1.29 is 141 Å². The Labute approximate surface area is 634 Å². The van der Waals surface area contributed by atoms with E-state index in [1.165, 1.54) is 20.8 Å². The van der Waals surface area contributed by atoms with Gasteiger partial charge in [-0.3, -0.25) is 47.9 Å². The number of ether oxygens (including phenoxy) is 9. The van der Waals surface area contributed by atoms with Crippen LogP contribution in [0.2, 0.25) is 0 Å². The molecule has 0 aromatic carbocycles. The molecule has 0 radical (unpaired) electrons. The Balaban J connectivity index is 1.24. The van der Waals surface area contributed by atoms with Crippen molar-refractivity contribution in [3.8, 4) is 0 Å². The van der Waals surface area contributed by atoms with Gasteiger partial charge < -0.3 is 146 Å². The molecule has 108 heavy (non-hydrogen) atoms. The molecule has 1 aliphatic carbocycles. The summed E-state index contributed by atoms with van der Waals surface area (Å²) < 4.78 is 57.3. The van der Waals surface area contributed by atoms with Crippen LogP contribution in [0.1, 0.15) is 143 Å². The second-order valence-electron chi connectivity index (χ2n) is 27.2. The number of aliphatic hydroxyl groups excluding tert-OH is 9. The van der Waals surface area contributed by atoms with Gasteiger partial charge >= 0.3 is 0 Å². The van der Waals surface area contributed by atoms with Gasteiger partial charge in [0.2, 0.25) is 59.1 Å². The van der Waals surface area contributed by atoms with E-state index < -0.39 is 141 Å². The monoisotopic (exact) mass is 1570 g/mol. The summed E-state index contributed by atoms with van der Waals surface area (Å²) in [5.41, 5.74) is -1.42. The van der Waals surface area contributed by atoms with Gasteiger partial charge in [0.05, 0.1) is 65.6 Å². The van der Waals surface area contributed by atoms with E-state index in [2.05, 4.69) is 66.1 Å². The molecule has 15 unspecified atom stereocenters. The quantitative estimate of drug-likeness (QED) is 0.0153. The Kier molecular flexibility index (Phi) is 46.7. The molecule has 0 spiro atoms. The molecule has 0 bridgehead atoms. The summed E-state index contributed by atoms with van der Waals surface area (Å²) in [6.45, 7) is 2.46. The topological polar surface area (TPSA) is 565 Å². The summed E-state index contributed by atoms with van der Waals surface area (Å²) in [5, 5.41) is 118. The van der Waals surface area contributed by atoms with Crippen LogP contribution in [0.5, 0.6) is 0 Å². The summed E-state index contributed by atoms with van der Waals surface area (Å²) >= 11 is 3.97. The number of unbranched alkanes of at least 4 members (excludes halogenated alkanes) is 3. The molecule has 3 saturated heterocycles. The third-order valence-electron chi connectivity index (χ3n) is 18.1. The van der Waals surface area contributed by atoms with E-state index in [0.717, 1.165) is 0 Å². The van der Waals surface area contributed by atoms with Gasteiger partial charge in [-0.15, -0.1) is 0 Å². The van der Waals surface area contributed by atoms with Crippen LogP contribution in [-0.4, -0.2) is 327 Å². The Morgan fingerprint density at radius 3 is 0.917 bits per heavy atom. The van der Waals surface area contributed by atoms with Crippen molar-refractivity contribution in [3.05, 3.63) is 0 Å². The Bertz CT molecular complexity index is 2440. The van der Waals surface area contributed by atoms with Gasteiger partial charge in [0.25, 0.3) is 0 Å². The molecule has 0 aromatic rings. The van der Waals surface area contributed by atoms with E-state index in [1.807, 2.05) is 0 Å². The second-order valence-corrected chi connectivity index (χ2v) is 27.4. The summed E-state index contributed by atoms with van der Waals surface area (Å²) in [7, 11) is 0. The number of amides is 10. The molecule has 622 valence electrons. The normalized spacial score (nSPS) is 26.8. The number of hydrogen-bond donors (Lipinski definition) is 20. The number of thiol groups is 1. The fraction of sp³-hybridized carbons (Fsp3) is 0.853. The van der Waals surface area contributed by atoms with Crippen LogP contribution in [0.4, 0.5) is 0 Å². The van der Waals surface area contributed by atoms with Crippen LogP contribution >= 0.6 is 12.9 Å². The molecule has 4 rings (SSSR count). The van der Waals surface area contributed by atoms with Crippen molar-refractivity contribution in [1.82, 2.24) is 53.2 Å². The summed E-state index contributed by atoms with van der Waals surface area (Å²) in [6.07, 6.45) is -9.95. The van der Waals surface area contributed by atoms with Gasteiger partial charge in [0.15, 0.2) is 18.9 Å². The molecular weight excluding hydrogens is 1450 g/mol. The van der Waals surface area contributed by atoms with Crippen molar-refractivity contribution in [1.29, 1.82) is 0 Å². The van der Waals surface area contributed by atoms with E-state index in [0.29, 0.717) is 83.5 Å². The highest BCUT2D eigenvalue weighted by atomic mass is 32.1. The van der Waals surface area contributed by atoms with E-state index in [-0.39, 0.29) is 185 Å². The number of carbonyl (C=O) groups excluding carboxylic acids is 10. The Morgan fingerprint density at radius 1 is 0.380 bits per heavy atom. The third kappa shape index (κ3) is 36.2. The average molecular weight is 1570 g/mol. The average Bonchev–Trinajstić information content (AvgIpc) is 0.816. The molecule has 4 fully saturated rings. The first-order valence-corrected chi connectivity index (χ1v) is 37.6. The fourth-order valence-electron chi connectivity index (χ4n) is 12.1. The molecular formula is C68H120N10O29S. The van der Waals surface area contributed by atoms with Gasteiger partial charge in [0.1, 0.15) is 78.6 Å². The van der Waals surface area contributed by atoms with Gasteiger partial charge in [-0.2, -0.15) is 0 Å². The highest BCUT2D eigenvalue weighted by Gasteiger charge is 2.48. The van der Waals surface area contributed by atoms with Gasteiger partial charge in [0, 0.05) is 124 Å². The standard InChI is InChI=1S/C68H120N10O29S/c1-41(82)75-55-61(94)58(91)46(35-79)104-65(55)101-29-7-4-13-49(85)69-23-10-26-72-52(88)20-32-98-38-68(78-64(97)44-16-18-45(107-108)19-17-44,39-99-33-21-53(89)73-27-11-24-70-50(86)14-5-8-30-102-66-56(76-42(2)83)62(95)59(92)47(36-80)105-66)40-100-34-22-54(90)74-28-12-25-71-51(87)15-6-9-31-103-67-57(77-43(3)84)63(96)60(93)48(37-81)106-67/h44-48,55-63,65-67,79-81,91-96,108H,4-40H2,1-3H3,(H,69,85)(H,70,86)(H,71,87)(H,72,88)(H,73,89)(H,74,90)(H,75,82)(H,76,83)(H,77,84)(H,78,97). The number of aliphatic hydroxyl groups is 9. The molecule has 0 aromatic heterocycles. The molecule has 19 N–H and O–H groups in total. The second kappa shape index (κ2) is 53.3. The number of hydrogen-bond acceptors (Lipinski definition) is 30. The number of nitrogens with one attached hydrogen (secondary N) is 10. The first-order valence-electron chi connectivity index (χ1n) is 37.2. The maximum absolute atomic E-state index is 14.2. The largest absolute Gasteiger partial charge is 0.394 e. The van der Waals surface area contributed by atoms with Gasteiger partial charge in [-0.25, -0.2) is 0 Å². The lowest BCUT2D eigenvalue weighted by molar-refractivity contribution is -0.270. The minimum atomic E-state index is -1.46. The molecule has 40 heteroatoms. The smallest absolute Gasteiger partial charge is 0.223 e. The molecule has 3 heterocycles. The van der Waals surface area contributed by atoms with Crippen molar-refractivity contribution in [3.63, 3.8) is 0 Å². The van der Waals surface area contributed by atoms with E-state index in [9.17, 15) is 93.9 Å². The van der Waals surface area contributed by atoms with Crippen LogP contribution in [0, 0.1) is 5.92 Å². The lowest BCUT2D eigenvalue weighted by Gasteiger charge is -2.42. The Morgan fingerprint density at radius 2 is 0.657 bits per heavy atom. The maximum Gasteiger partial charge on any atom is 0.223 e. The van der Waals surface area contributed by atoms with Crippen molar-refractivity contribution >= 4 is 72.0 Å². The van der Waals surface area contributed by atoms with E-state index in [1.54, 1.807) is 0 Å². The molecule has 10 amide bonds. The van der Waals surface area contributed by atoms with Crippen molar-refractivity contribution in [2.45, 2.75) is 246 Å². The van der Waals surface area contributed by atoms with Crippen molar-refractivity contribution in [2.24, 2.45) is 5.92 Å². The van der Waals surface area contributed by atoms with Crippen LogP contribution in [0.3, 0.4) is 0 Å². The summed E-state index contributed by atoms with van der Waals surface area (Å²) in [4.78, 5) is 126. The molecule has 39 nitrogen and oxygen atoms in total. The minimum absolute atomic E-state index is 0.0808.